The van der Waals surface area contributed by atoms with E-state index in [0.717, 1.165) is 15.2 Å². The molecule has 2 aromatic rings. The first-order valence-corrected chi connectivity index (χ1v) is 9.88. The monoisotopic (exact) mass is 416 g/mol. The van der Waals surface area contributed by atoms with E-state index in [4.69, 9.17) is 30.5 Å². The van der Waals surface area contributed by atoms with Gasteiger partial charge in [0.05, 0.1) is 37.1 Å². The zero-order chi connectivity index (χ0) is 19.9. The van der Waals surface area contributed by atoms with Crippen LogP contribution in [0.1, 0.15) is 25.8 Å². The lowest BCUT2D eigenvalue weighted by atomic mass is 10.2. The molecule has 0 saturated carbocycles. The second-order valence-electron chi connectivity index (χ2n) is 6.58. The van der Waals surface area contributed by atoms with Gasteiger partial charge in [0.1, 0.15) is 17.2 Å². The lowest BCUT2D eigenvalue weighted by Crippen LogP contribution is -2.32. The fraction of sp³-hybridized carbons (Fsp3) is 0.556. The minimum absolute atomic E-state index is 0.291. The van der Waals surface area contributed by atoms with Gasteiger partial charge in [-0.2, -0.15) is 0 Å². The summed E-state index contributed by atoms with van der Waals surface area (Å²) in [5, 5.41) is 3.47. The topological polar surface area (TPSA) is 78.9 Å². The largest absolute Gasteiger partial charge is 0.493 e. The zero-order valence-corrected chi connectivity index (χ0v) is 17.5. The number of nitrogens with one attached hydrogen (secondary N) is 1. The highest BCUT2D eigenvalue weighted by Crippen LogP contribution is 2.35. The molecule has 9 heteroatoms. The van der Waals surface area contributed by atoms with Gasteiger partial charge < -0.3 is 24.3 Å². The lowest BCUT2D eigenvalue weighted by molar-refractivity contribution is 0.0523. The molecule has 150 valence electrons. The van der Waals surface area contributed by atoms with Crippen LogP contribution in [0.2, 0.25) is 0 Å². The van der Waals surface area contributed by atoms with E-state index in [1.807, 2.05) is 32.9 Å². The lowest BCUT2D eigenvalue weighted by Gasteiger charge is -2.19. The number of hydrogen-bond acceptors (Lipinski definition) is 7. The number of amides is 1. The summed E-state index contributed by atoms with van der Waals surface area (Å²) in [6, 6.07) is 3.70. The van der Waals surface area contributed by atoms with Gasteiger partial charge in [0.15, 0.2) is 11.5 Å². The normalized spacial score (nSPS) is 11.4. The first-order chi connectivity index (χ1) is 12.8. The maximum absolute atomic E-state index is 11.8. The van der Waals surface area contributed by atoms with E-state index in [1.54, 1.807) is 7.11 Å². The van der Waals surface area contributed by atoms with Crippen molar-refractivity contribution in [1.82, 2.24) is 10.3 Å². The summed E-state index contributed by atoms with van der Waals surface area (Å²) in [5.74, 6) is 1.67. The molecule has 27 heavy (non-hydrogen) atoms. The number of halogens is 1. The molecule has 0 spiro atoms. The molecule has 0 radical (unpaired) electrons. The van der Waals surface area contributed by atoms with E-state index in [0.29, 0.717) is 43.7 Å². The van der Waals surface area contributed by atoms with Crippen molar-refractivity contribution in [2.45, 2.75) is 32.9 Å². The quantitative estimate of drug-likeness (QED) is 0.492. The molecule has 0 unspecified atom stereocenters. The van der Waals surface area contributed by atoms with Crippen LogP contribution in [0.25, 0.3) is 10.2 Å². The number of thiazole rings is 1. The van der Waals surface area contributed by atoms with Gasteiger partial charge in [-0.1, -0.05) is 0 Å². The fourth-order valence-corrected chi connectivity index (χ4v) is 3.19. The Morgan fingerprint density at radius 1 is 1.22 bits per heavy atom. The Balaban J connectivity index is 2.02. The summed E-state index contributed by atoms with van der Waals surface area (Å²) < 4.78 is 22.6. The number of methoxy groups -OCH3 is 1. The third-order valence-electron chi connectivity index (χ3n) is 3.21. The van der Waals surface area contributed by atoms with Crippen LogP contribution >= 0.6 is 22.9 Å². The number of nitrogens with zero attached hydrogens (tertiary/aromatic N) is 1. The third kappa shape index (κ3) is 7.04. The molecule has 1 amide bonds. The number of aromatic nitrogens is 1. The molecule has 0 saturated heterocycles. The molecule has 1 heterocycles. The van der Waals surface area contributed by atoms with Gasteiger partial charge in [-0.15, -0.1) is 22.9 Å². The summed E-state index contributed by atoms with van der Waals surface area (Å²) in [7, 11) is 1.59. The standard InChI is InChI=1S/C18H25ClN2O5S/c1-18(2,3)26-17(22)20-11-16-21-12-9-14(25-8-7-24-6-5-19)13(23-4)10-15(12)27-16/h9-10H,5-8,11H2,1-4H3,(H,20,22). The van der Waals surface area contributed by atoms with Crippen LogP contribution < -0.4 is 14.8 Å². The number of carbonyl (C=O) groups excluding carboxylic acids is 1. The van der Waals surface area contributed by atoms with Gasteiger partial charge in [0, 0.05) is 18.0 Å². The Bertz CT molecular complexity index is 760. The molecule has 0 aliphatic rings. The molecule has 0 aliphatic carbocycles. The molecule has 0 atom stereocenters. The van der Waals surface area contributed by atoms with Gasteiger partial charge in [-0.25, -0.2) is 9.78 Å². The van der Waals surface area contributed by atoms with E-state index in [1.165, 1.54) is 11.3 Å². The molecule has 1 aromatic heterocycles. The number of benzene rings is 1. The van der Waals surface area contributed by atoms with Crippen molar-refractivity contribution in [3.63, 3.8) is 0 Å². The summed E-state index contributed by atoms with van der Waals surface area (Å²) >= 11 is 7.04. The molecule has 0 fully saturated rings. The van der Waals surface area contributed by atoms with Crippen LogP contribution in [0.15, 0.2) is 12.1 Å². The molecule has 0 bridgehead atoms. The summed E-state index contributed by atoms with van der Waals surface area (Å²) in [4.78, 5) is 16.3. The Labute approximate surface area is 167 Å². The average molecular weight is 417 g/mol. The highest BCUT2D eigenvalue weighted by Gasteiger charge is 2.17. The summed E-state index contributed by atoms with van der Waals surface area (Å²) in [6.07, 6.45) is -0.472. The van der Waals surface area contributed by atoms with Crippen LogP contribution in [0.5, 0.6) is 11.5 Å². The van der Waals surface area contributed by atoms with E-state index in [2.05, 4.69) is 10.3 Å². The van der Waals surface area contributed by atoms with Gasteiger partial charge >= 0.3 is 6.09 Å². The second kappa shape index (κ2) is 9.96. The number of fused-ring (bicyclic) bond motifs is 1. The highest BCUT2D eigenvalue weighted by atomic mass is 35.5. The predicted octanol–water partition coefficient (Wildman–Crippen LogP) is 3.96. The molecule has 1 N–H and O–H groups in total. The number of hydrogen-bond donors (Lipinski definition) is 1. The van der Waals surface area contributed by atoms with E-state index in [-0.39, 0.29) is 0 Å². The van der Waals surface area contributed by atoms with E-state index < -0.39 is 11.7 Å². The predicted molar refractivity (Wildman–Crippen MR) is 106 cm³/mol. The van der Waals surface area contributed by atoms with Crippen molar-refractivity contribution >= 4 is 39.2 Å². The van der Waals surface area contributed by atoms with E-state index in [9.17, 15) is 4.79 Å². The third-order valence-corrected chi connectivity index (χ3v) is 4.38. The minimum Gasteiger partial charge on any atom is -0.493 e. The fourth-order valence-electron chi connectivity index (χ4n) is 2.16. The van der Waals surface area contributed by atoms with E-state index >= 15 is 0 Å². The van der Waals surface area contributed by atoms with Crippen LogP contribution in [0.4, 0.5) is 4.79 Å². The number of rotatable bonds is 9. The molecule has 1 aromatic carbocycles. The number of alkyl carbamates (subject to hydrolysis) is 1. The zero-order valence-electron chi connectivity index (χ0n) is 16.0. The van der Waals surface area contributed by atoms with Gasteiger partial charge in [0.25, 0.3) is 0 Å². The van der Waals surface area contributed by atoms with Crippen LogP contribution in [0, 0.1) is 0 Å². The van der Waals surface area contributed by atoms with Crippen LogP contribution in [-0.4, -0.2) is 49.5 Å². The Hall–Kier alpha value is -1.77. The molecule has 0 aliphatic heterocycles. The average Bonchev–Trinajstić information content (AvgIpc) is 2.99. The summed E-state index contributed by atoms with van der Waals surface area (Å²) in [5.41, 5.74) is 0.239. The van der Waals surface area contributed by atoms with Gasteiger partial charge in [0.2, 0.25) is 0 Å². The van der Waals surface area contributed by atoms with Crippen molar-refractivity contribution in [2.75, 3.05) is 32.8 Å². The first-order valence-electron chi connectivity index (χ1n) is 8.53. The highest BCUT2D eigenvalue weighted by molar-refractivity contribution is 7.18. The number of carbonyl (C=O) groups is 1. The van der Waals surface area contributed by atoms with Crippen LogP contribution in [0.3, 0.4) is 0 Å². The smallest absolute Gasteiger partial charge is 0.408 e. The van der Waals surface area contributed by atoms with Gasteiger partial charge in [-0.3, -0.25) is 0 Å². The Morgan fingerprint density at radius 2 is 2.00 bits per heavy atom. The molecule has 7 nitrogen and oxygen atoms in total. The maximum atomic E-state index is 11.8. The van der Waals surface area contributed by atoms with Crippen molar-refractivity contribution in [1.29, 1.82) is 0 Å². The number of ether oxygens (including phenoxy) is 4. The Kier molecular flexibility index (Phi) is 7.94. The number of alkyl halides is 1. The Morgan fingerprint density at radius 3 is 2.67 bits per heavy atom. The maximum Gasteiger partial charge on any atom is 0.408 e. The van der Waals surface area contributed by atoms with Crippen molar-refractivity contribution in [3.8, 4) is 11.5 Å². The minimum atomic E-state index is -0.537. The second-order valence-corrected chi connectivity index (χ2v) is 8.08. The SMILES string of the molecule is COc1cc2sc(CNC(=O)OC(C)(C)C)nc2cc1OCCOCCCl. The van der Waals surface area contributed by atoms with Crippen molar-refractivity contribution in [2.24, 2.45) is 0 Å². The summed E-state index contributed by atoms with van der Waals surface area (Å²) in [6.45, 7) is 7.06. The first kappa shape index (κ1) is 21.5. The molecular weight excluding hydrogens is 392 g/mol. The van der Waals surface area contributed by atoms with Gasteiger partial charge in [-0.05, 0) is 20.8 Å². The van der Waals surface area contributed by atoms with Crippen molar-refractivity contribution in [3.05, 3.63) is 17.1 Å². The van der Waals surface area contributed by atoms with Crippen molar-refractivity contribution < 1.29 is 23.7 Å². The molecule has 2 rings (SSSR count). The molecular formula is C18H25ClN2O5S. The van der Waals surface area contributed by atoms with Crippen LogP contribution in [-0.2, 0) is 16.0 Å².